The van der Waals surface area contributed by atoms with Crippen LogP contribution in [-0.4, -0.2) is 43.1 Å². The number of nitrogens with one attached hydrogen (secondary N) is 2. The first-order valence-electron chi connectivity index (χ1n) is 7.27. The molecule has 0 aliphatic carbocycles. The maximum Gasteiger partial charge on any atom is 0.165 e. The zero-order valence-electron chi connectivity index (χ0n) is 13.8. The SMILES string of the molecule is C=C(OCCO)c1cc(Cl)c([C@]2(C)CS(=O)(=O)C(C)(C)C(=N)N2)s1. The highest BCUT2D eigenvalue weighted by molar-refractivity contribution is 7.93. The third kappa shape index (κ3) is 3.20. The Morgan fingerprint density at radius 3 is 2.71 bits per heavy atom. The molecule has 1 saturated heterocycles. The van der Waals surface area contributed by atoms with Gasteiger partial charge >= 0.3 is 0 Å². The molecular weight excluding hydrogens is 372 g/mol. The maximum atomic E-state index is 12.6. The van der Waals surface area contributed by atoms with Gasteiger partial charge in [0.25, 0.3) is 0 Å². The van der Waals surface area contributed by atoms with E-state index in [1.165, 1.54) is 25.2 Å². The third-order valence-corrected chi connectivity index (χ3v) is 8.66. The largest absolute Gasteiger partial charge is 0.490 e. The summed E-state index contributed by atoms with van der Waals surface area (Å²) < 4.78 is 29.2. The minimum absolute atomic E-state index is 0.0578. The van der Waals surface area contributed by atoms with Gasteiger partial charge < -0.3 is 15.2 Å². The Morgan fingerprint density at radius 1 is 1.54 bits per heavy atom. The lowest BCUT2D eigenvalue weighted by molar-refractivity contribution is 0.181. The van der Waals surface area contributed by atoms with E-state index in [-0.39, 0.29) is 24.8 Å². The predicted molar refractivity (Wildman–Crippen MR) is 97.5 cm³/mol. The first-order chi connectivity index (χ1) is 10.9. The summed E-state index contributed by atoms with van der Waals surface area (Å²) in [5.41, 5.74) is -0.997. The van der Waals surface area contributed by atoms with Crippen LogP contribution in [0.5, 0.6) is 0 Å². The summed E-state index contributed by atoms with van der Waals surface area (Å²) in [6.07, 6.45) is 0. The number of sulfone groups is 1. The van der Waals surface area contributed by atoms with Gasteiger partial charge in [-0.15, -0.1) is 11.3 Å². The monoisotopic (exact) mass is 392 g/mol. The van der Waals surface area contributed by atoms with E-state index in [2.05, 4.69) is 11.9 Å². The molecule has 6 nitrogen and oxygen atoms in total. The van der Waals surface area contributed by atoms with Crippen LogP contribution in [-0.2, 0) is 20.1 Å². The number of rotatable bonds is 5. The number of aliphatic hydroxyl groups is 1. The Morgan fingerprint density at radius 2 is 2.17 bits per heavy atom. The van der Waals surface area contributed by atoms with Gasteiger partial charge in [0.1, 0.15) is 22.9 Å². The van der Waals surface area contributed by atoms with Crippen molar-refractivity contribution in [3.8, 4) is 0 Å². The Bertz CT molecular complexity index is 785. The molecule has 2 rings (SSSR count). The number of amidine groups is 1. The van der Waals surface area contributed by atoms with E-state index in [1.807, 2.05) is 0 Å². The van der Waals surface area contributed by atoms with Crippen LogP contribution >= 0.6 is 22.9 Å². The Balaban J connectivity index is 2.40. The summed E-state index contributed by atoms with van der Waals surface area (Å²) in [6.45, 7) is 8.53. The highest BCUT2D eigenvalue weighted by Gasteiger charge is 2.51. The molecule has 1 aromatic heterocycles. The smallest absolute Gasteiger partial charge is 0.165 e. The fourth-order valence-corrected chi connectivity index (χ4v) is 5.79. The summed E-state index contributed by atoms with van der Waals surface area (Å²) in [7, 11) is -3.53. The van der Waals surface area contributed by atoms with E-state index < -0.39 is 20.1 Å². The lowest BCUT2D eigenvalue weighted by Gasteiger charge is -2.42. The molecule has 0 amide bonds. The van der Waals surface area contributed by atoms with Crippen molar-refractivity contribution in [2.24, 2.45) is 0 Å². The summed E-state index contributed by atoms with van der Waals surface area (Å²) in [5, 5.41) is 20.3. The second-order valence-electron chi connectivity index (χ2n) is 6.38. The van der Waals surface area contributed by atoms with E-state index in [0.29, 0.717) is 20.5 Å². The van der Waals surface area contributed by atoms with Gasteiger partial charge in [-0.05, 0) is 26.8 Å². The molecule has 134 valence electrons. The van der Waals surface area contributed by atoms with Crippen LogP contribution in [0.25, 0.3) is 5.76 Å². The molecule has 24 heavy (non-hydrogen) atoms. The quantitative estimate of drug-likeness (QED) is 0.668. The minimum Gasteiger partial charge on any atom is -0.490 e. The molecule has 0 radical (unpaired) electrons. The van der Waals surface area contributed by atoms with Crippen LogP contribution in [0.4, 0.5) is 0 Å². The molecule has 1 aliphatic rings. The average molecular weight is 393 g/mol. The summed E-state index contributed by atoms with van der Waals surface area (Å²) in [5.74, 6) is 0.136. The average Bonchev–Trinajstić information content (AvgIpc) is 2.85. The maximum absolute atomic E-state index is 12.6. The predicted octanol–water partition coefficient (Wildman–Crippen LogP) is 2.37. The van der Waals surface area contributed by atoms with Crippen molar-refractivity contribution in [2.45, 2.75) is 31.1 Å². The van der Waals surface area contributed by atoms with Gasteiger partial charge in [0.15, 0.2) is 9.84 Å². The molecule has 0 bridgehead atoms. The second-order valence-corrected chi connectivity index (χ2v) is 10.4. The zero-order valence-corrected chi connectivity index (χ0v) is 16.2. The summed E-state index contributed by atoms with van der Waals surface area (Å²) >= 11 is 7.58. The van der Waals surface area contributed by atoms with Crippen molar-refractivity contribution in [1.82, 2.24) is 5.32 Å². The van der Waals surface area contributed by atoms with Gasteiger partial charge in [0.2, 0.25) is 0 Å². The van der Waals surface area contributed by atoms with E-state index in [1.54, 1.807) is 13.0 Å². The number of hydrogen-bond acceptors (Lipinski definition) is 6. The van der Waals surface area contributed by atoms with E-state index in [4.69, 9.17) is 26.9 Å². The van der Waals surface area contributed by atoms with Crippen molar-refractivity contribution in [1.29, 1.82) is 5.41 Å². The highest BCUT2D eigenvalue weighted by atomic mass is 35.5. The van der Waals surface area contributed by atoms with Crippen molar-refractivity contribution < 1.29 is 18.3 Å². The fourth-order valence-electron chi connectivity index (χ4n) is 2.42. The highest BCUT2D eigenvalue weighted by Crippen LogP contribution is 2.42. The molecule has 0 saturated carbocycles. The summed E-state index contributed by atoms with van der Waals surface area (Å²) in [6, 6.07) is 1.66. The van der Waals surface area contributed by atoms with Crippen LogP contribution < -0.4 is 5.32 Å². The Kier molecular flexibility index (Phi) is 5.07. The molecule has 9 heteroatoms. The molecule has 3 N–H and O–H groups in total. The number of aliphatic hydroxyl groups excluding tert-OH is 1. The fraction of sp³-hybridized carbons (Fsp3) is 0.533. The molecule has 1 aromatic rings. The number of thiophene rings is 1. The van der Waals surface area contributed by atoms with Crippen molar-refractivity contribution in [3.63, 3.8) is 0 Å². The first kappa shape index (κ1) is 19.2. The van der Waals surface area contributed by atoms with Crippen molar-refractivity contribution >= 4 is 44.4 Å². The van der Waals surface area contributed by atoms with E-state index in [9.17, 15) is 8.42 Å². The van der Waals surface area contributed by atoms with Crippen molar-refractivity contribution in [2.75, 3.05) is 19.0 Å². The summed E-state index contributed by atoms with van der Waals surface area (Å²) in [4.78, 5) is 1.26. The molecule has 1 fully saturated rings. The molecule has 1 atom stereocenters. The zero-order chi connectivity index (χ0) is 18.3. The van der Waals surface area contributed by atoms with E-state index >= 15 is 0 Å². The van der Waals surface area contributed by atoms with Gasteiger partial charge in [-0.25, -0.2) is 8.42 Å². The van der Waals surface area contributed by atoms with Gasteiger partial charge in [0.05, 0.1) is 32.7 Å². The normalized spacial score (nSPS) is 25.1. The molecule has 0 spiro atoms. The van der Waals surface area contributed by atoms with Crippen LogP contribution in [0.1, 0.15) is 30.5 Å². The molecule has 2 heterocycles. The van der Waals surface area contributed by atoms with Crippen LogP contribution in [0.2, 0.25) is 5.02 Å². The molecular formula is C15H21ClN2O4S2. The topological polar surface area (TPSA) is 99.5 Å². The third-order valence-electron chi connectivity index (χ3n) is 4.09. The standard InChI is InChI=1S/C15H21ClN2O4S2/c1-9(22-6-5-19)11-7-10(16)12(23-11)15(4)8-24(20,21)14(2,3)13(17)18-15/h7,19H,1,5-6,8H2,2-4H3,(H2,17,18)/t15-/m0/s1. The van der Waals surface area contributed by atoms with Crippen LogP contribution in [0.15, 0.2) is 12.6 Å². The number of hydrogen-bond donors (Lipinski definition) is 3. The lowest BCUT2D eigenvalue weighted by atomic mass is 10.00. The van der Waals surface area contributed by atoms with Gasteiger partial charge in [-0.3, -0.25) is 5.41 Å². The van der Waals surface area contributed by atoms with Crippen LogP contribution in [0.3, 0.4) is 0 Å². The number of halogens is 1. The van der Waals surface area contributed by atoms with E-state index in [0.717, 1.165) is 0 Å². The lowest BCUT2D eigenvalue weighted by Crippen LogP contribution is -2.63. The Labute approximate surface area is 150 Å². The van der Waals surface area contributed by atoms with Gasteiger partial charge in [-0.1, -0.05) is 18.2 Å². The van der Waals surface area contributed by atoms with Crippen molar-refractivity contribution in [3.05, 3.63) is 27.4 Å². The second kappa shape index (κ2) is 6.33. The molecule has 1 aliphatic heterocycles. The minimum atomic E-state index is -3.53. The Hall–Kier alpha value is -1.09. The van der Waals surface area contributed by atoms with Gasteiger partial charge in [-0.2, -0.15) is 0 Å². The van der Waals surface area contributed by atoms with Gasteiger partial charge in [0, 0.05) is 0 Å². The molecule has 0 unspecified atom stereocenters. The van der Waals surface area contributed by atoms with Crippen LogP contribution in [0, 0.1) is 5.41 Å². The number of ether oxygens (including phenoxy) is 1. The molecule has 0 aromatic carbocycles. The first-order valence-corrected chi connectivity index (χ1v) is 10.1.